The molecule has 5 heteroatoms. The van der Waals surface area contributed by atoms with Crippen LogP contribution in [0.2, 0.25) is 0 Å². The Balaban J connectivity index is 1.61. The molecule has 2 heterocycles. The van der Waals surface area contributed by atoms with E-state index < -0.39 is 0 Å². The van der Waals surface area contributed by atoms with Crippen molar-refractivity contribution in [2.75, 3.05) is 32.7 Å². The monoisotopic (exact) mass is 321 g/mol. The summed E-state index contributed by atoms with van der Waals surface area (Å²) in [5.41, 5.74) is 1.22. The zero-order chi connectivity index (χ0) is 16.5. The van der Waals surface area contributed by atoms with Crippen LogP contribution in [0.1, 0.15) is 20.7 Å². The maximum Gasteiger partial charge on any atom is 0.261 e. The molecule has 0 unspecified atom stereocenters. The van der Waals surface area contributed by atoms with Crippen LogP contribution in [0.15, 0.2) is 48.7 Å². The number of carbonyl (C=O) groups is 2. The Morgan fingerprint density at radius 2 is 1.58 bits per heavy atom. The molecule has 0 spiro atoms. The minimum absolute atomic E-state index is 0.214. The number of rotatable bonds is 3. The molecule has 2 amide bonds. The van der Waals surface area contributed by atoms with Crippen LogP contribution in [0, 0.1) is 0 Å². The van der Waals surface area contributed by atoms with Crippen molar-refractivity contribution in [3.05, 3.63) is 59.8 Å². The first-order valence-corrected chi connectivity index (χ1v) is 8.25. The highest BCUT2D eigenvalue weighted by atomic mass is 16.2. The predicted octanol–water partition coefficient (Wildman–Crippen LogP) is 1.85. The SMILES string of the molecule is O=C1c2cccc3cccc(c23)C(=O)N1CC=CN1CCNCC1. The van der Waals surface area contributed by atoms with Crippen LogP contribution in [0.3, 0.4) is 0 Å². The van der Waals surface area contributed by atoms with Crippen molar-refractivity contribution in [1.82, 2.24) is 15.1 Å². The lowest BCUT2D eigenvalue weighted by Crippen LogP contribution is -2.42. The van der Waals surface area contributed by atoms with E-state index in [0.717, 1.165) is 37.0 Å². The van der Waals surface area contributed by atoms with Crippen LogP contribution in [-0.4, -0.2) is 54.3 Å². The van der Waals surface area contributed by atoms with E-state index >= 15 is 0 Å². The van der Waals surface area contributed by atoms with Crippen LogP contribution in [0.4, 0.5) is 0 Å². The second-order valence-corrected chi connectivity index (χ2v) is 6.10. The molecule has 2 aromatic rings. The minimum atomic E-state index is -0.214. The lowest BCUT2D eigenvalue weighted by molar-refractivity contribution is 0.0628. The van der Waals surface area contributed by atoms with Crippen LogP contribution >= 0.6 is 0 Å². The predicted molar refractivity (Wildman–Crippen MR) is 92.9 cm³/mol. The number of nitrogens with zero attached hydrogens (tertiary/aromatic N) is 2. The van der Waals surface area contributed by atoms with Gasteiger partial charge in [-0.1, -0.05) is 24.3 Å². The van der Waals surface area contributed by atoms with E-state index in [1.165, 1.54) is 4.90 Å². The first-order valence-electron chi connectivity index (χ1n) is 8.25. The van der Waals surface area contributed by atoms with Crippen LogP contribution < -0.4 is 5.32 Å². The molecule has 4 rings (SSSR count). The third kappa shape index (κ3) is 2.47. The molecular formula is C19H19N3O2. The highest BCUT2D eigenvalue weighted by Crippen LogP contribution is 2.29. The summed E-state index contributed by atoms with van der Waals surface area (Å²) in [4.78, 5) is 29.0. The summed E-state index contributed by atoms with van der Waals surface area (Å²) in [5.74, 6) is -0.427. The van der Waals surface area contributed by atoms with Gasteiger partial charge in [-0.15, -0.1) is 0 Å². The van der Waals surface area contributed by atoms with Gasteiger partial charge in [0.1, 0.15) is 0 Å². The van der Waals surface area contributed by atoms with E-state index in [2.05, 4.69) is 10.2 Å². The van der Waals surface area contributed by atoms with Crippen molar-refractivity contribution in [3.8, 4) is 0 Å². The molecule has 1 fully saturated rings. The molecule has 0 aromatic heterocycles. The molecule has 0 saturated carbocycles. The first-order chi connectivity index (χ1) is 11.8. The Kier molecular flexibility index (Phi) is 3.78. The summed E-state index contributed by atoms with van der Waals surface area (Å²) in [6.45, 7) is 4.11. The summed E-state index contributed by atoms with van der Waals surface area (Å²) in [6, 6.07) is 11.2. The minimum Gasteiger partial charge on any atom is -0.375 e. The molecule has 0 radical (unpaired) electrons. The number of amides is 2. The Labute approximate surface area is 140 Å². The largest absolute Gasteiger partial charge is 0.375 e. The summed E-state index contributed by atoms with van der Waals surface area (Å²) >= 11 is 0. The van der Waals surface area contributed by atoms with Gasteiger partial charge >= 0.3 is 0 Å². The van der Waals surface area contributed by atoms with Gasteiger partial charge in [0.05, 0.1) is 0 Å². The van der Waals surface area contributed by atoms with E-state index in [-0.39, 0.29) is 11.8 Å². The smallest absolute Gasteiger partial charge is 0.261 e. The number of nitrogens with one attached hydrogen (secondary N) is 1. The van der Waals surface area contributed by atoms with Crippen LogP contribution in [0.5, 0.6) is 0 Å². The Bertz CT molecular complexity index is 787. The molecule has 1 saturated heterocycles. The van der Waals surface area contributed by atoms with E-state index in [4.69, 9.17) is 0 Å². The van der Waals surface area contributed by atoms with Crippen LogP contribution in [0.25, 0.3) is 10.8 Å². The molecule has 5 nitrogen and oxygen atoms in total. The molecular weight excluding hydrogens is 302 g/mol. The van der Waals surface area contributed by atoms with Gasteiger partial charge < -0.3 is 10.2 Å². The van der Waals surface area contributed by atoms with E-state index in [1.807, 2.05) is 36.5 Å². The fourth-order valence-electron chi connectivity index (χ4n) is 3.38. The summed E-state index contributed by atoms with van der Waals surface area (Å²) < 4.78 is 0. The third-order valence-corrected chi connectivity index (χ3v) is 4.61. The molecule has 0 aliphatic carbocycles. The van der Waals surface area contributed by atoms with E-state index in [0.29, 0.717) is 17.7 Å². The average molecular weight is 321 g/mol. The average Bonchev–Trinajstić information content (AvgIpc) is 2.63. The number of benzene rings is 2. The van der Waals surface area contributed by atoms with E-state index in [1.54, 1.807) is 12.1 Å². The standard InChI is InChI=1S/C19H19N3O2/c23-18-15-6-1-4-14-5-2-7-16(17(14)15)19(24)22(18)11-3-10-21-12-8-20-9-13-21/h1-7,10,20H,8-9,11-13H2. The summed E-state index contributed by atoms with van der Waals surface area (Å²) in [6.07, 6.45) is 3.89. The Morgan fingerprint density at radius 1 is 0.958 bits per heavy atom. The Morgan fingerprint density at radius 3 is 2.21 bits per heavy atom. The quantitative estimate of drug-likeness (QED) is 0.877. The van der Waals surface area contributed by atoms with E-state index in [9.17, 15) is 9.59 Å². The zero-order valence-corrected chi connectivity index (χ0v) is 13.4. The molecule has 0 bridgehead atoms. The summed E-state index contributed by atoms with van der Waals surface area (Å²) in [5, 5.41) is 5.00. The fourth-order valence-corrected chi connectivity index (χ4v) is 3.38. The van der Waals surface area contributed by atoms with Crippen molar-refractivity contribution < 1.29 is 9.59 Å². The first kappa shape index (κ1) is 14.9. The van der Waals surface area contributed by atoms with Crippen molar-refractivity contribution >= 4 is 22.6 Å². The van der Waals surface area contributed by atoms with Gasteiger partial charge in [0, 0.05) is 49.2 Å². The molecule has 24 heavy (non-hydrogen) atoms. The number of imide groups is 1. The Hall–Kier alpha value is -2.66. The lowest BCUT2D eigenvalue weighted by atomic mass is 9.94. The second kappa shape index (κ2) is 6.09. The van der Waals surface area contributed by atoms with Crippen molar-refractivity contribution in [2.24, 2.45) is 0 Å². The number of piperazine rings is 1. The number of hydrogen-bond acceptors (Lipinski definition) is 4. The van der Waals surface area contributed by atoms with Crippen molar-refractivity contribution in [1.29, 1.82) is 0 Å². The highest BCUT2D eigenvalue weighted by Gasteiger charge is 2.31. The number of carbonyl (C=O) groups excluding carboxylic acids is 2. The van der Waals surface area contributed by atoms with Gasteiger partial charge in [0.15, 0.2) is 0 Å². The molecule has 0 atom stereocenters. The van der Waals surface area contributed by atoms with Crippen molar-refractivity contribution in [2.45, 2.75) is 0 Å². The molecule has 1 N–H and O–H groups in total. The normalized spacial score (nSPS) is 18.0. The van der Waals surface area contributed by atoms with Gasteiger partial charge in [0.2, 0.25) is 0 Å². The van der Waals surface area contributed by atoms with Crippen molar-refractivity contribution in [3.63, 3.8) is 0 Å². The maximum atomic E-state index is 12.7. The zero-order valence-electron chi connectivity index (χ0n) is 13.4. The van der Waals surface area contributed by atoms with Gasteiger partial charge in [-0.05, 0) is 29.8 Å². The van der Waals surface area contributed by atoms with Gasteiger partial charge in [0.25, 0.3) is 11.8 Å². The molecule has 2 aliphatic heterocycles. The molecule has 122 valence electrons. The second-order valence-electron chi connectivity index (χ2n) is 6.10. The van der Waals surface area contributed by atoms with Crippen LogP contribution in [-0.2, 0) is 0 Å². The summed E-state index contributed by atoms with van der Waals surface area (Å²) in [7, 11) is 0. The topological polar surface area (TPSA) is 52.7 Å². The number of hydrogen-bond donors (Lipinski definition) is 1. The fraction of sp³-hybridized carbons (Fsp3) is 0.263. The third-order valence-electron chi connectivity index (χ3n) is 4.61. The lowest BCUT2D eigenvalue weighted by Gasteiger charge is -2.28. The molecule has 2 aromatic carbocycles. The highest BCUT2D eigenvalue weighted by molar-refractivity contribution is 6.25. The van der Waals surface area contributed by atoms with Gasteiger partial charge in [-0.25, -0.2) is 0 Å². The molecule has 2 aliphatic rings. The van der Waals surface area contributed by atoms with Gasteiger partial charge in [-0.2, -0.15) is 0 Å². The maximum absolute atomic E-state index is 12.7. The van der Waals surface area contributed by atoms with Gasteiger partial charge in [-0.3, -0.25) is 14.5 Å².